The summed E-state index contributed by atoms with van der Waals surface area (Å²) in [6, 6.07) is 9.05. The van der Waals surface area contributed by atoms with E-state index in [0.29, 0.717) is 10.6 Å². The summed E-state index contributed by atoms with van der Waals surface area (Å²) in [7, 11) is 0. The van der Waals surface area contributed by atoms with Crippen LogP contribution < -0.4 is 9.64 Å². The van der Waals surface area contributed by atoms with Crippen LogP contribution in [0.1, 0.15) is 17.5 Å². The van der Waals surface area contributed by atoms with E-state index in [1.54, 1.807) is 24.3 Å². The Balaban J connectivity index is 1.78. The van der Waals surface area contributed by atoms with E-state index < -0.39 is 54.2 Å². The molecule has 8 nitrogen and oxygen atoms in total. The van der Waals surface area contributed by atoms with Gasteiger partial charge >= 0.3 is 12.3 Å². The molecule has 3 amide bonds. The maximum Gasteiger partial charge on any atom is 0.573 e. The minimum atomic E-state index is -5.04. The number of carboxylic acid groups (broad SMARTS) is 1. The van der Waals surface area contributed by atoms with Crippen LogP contribution in [0.2, 0.25) is 5.02 Å². The molecule has 2 aromatic carbocycles. The Bertz CT molecular complexity index is 1180. The van der Waals surface area contributed by atoms with Gasteiger partial charge in [0.1, 0.15) is 12.3 Å². The van der Waals surface area contributed by atoms with Gasteiger partial charge in [-0.2, -0.15) is 0 Å². The Morgan fingerprint density at radius 3 is 2.30 bits per heavy atom. The molecule has 2 aliphatic rings. The van der Waals surface area contributed by atoms with Gasteiger partial charge in [0.15, 0.2) is 5.41 Å². The van der Waals surface area contributed by atoms with Crippen molar-refractivity contribution in [2.24, 2.45) is 0 Å². The van der Waals surface area contributed by atoms with Gasteiger partial charge in [0, 0.05) is 16.3 Å². The van der Waals surface area contributed by atoms with Crippen LogP contribution in [0, 0.1) is 0 Å². The van der Waals surface area contributed by atoms with Crippen molar-refractivity contribution in [3.63, 3.8) is 0 Å². The summed E-state index contributed by atoms with van der Waals surface area (Å²) in [6.07, 6.45) is -5.70. The van der Waals surface area contributed by atoms with Crippen LogP contribution in [0.25, 0.3) is 0 Å². The van der Waals surface area contributed by atoms with E-state index in [1.165, 1.54) is 0 Å². The molecule has 2 aliphatic heterocycles. The number of aliphatic carboxylic acids is 1. The number of halogens is 4. The molecule has 1 spiro atoms. The standard InChI is InChI=1S/C21H14ClF3N2O6/c22-12-3-1-11(2-4-12)9-27-16(28)8-20(19(27)32)14-7-13(33-21(23,24)25)5-6-15(14)26(18(20)31)10-17(29)30/h1-7H,8-10H2,(H,29,30). The Kier molecular flexibility index (Phi) is 5.32. The average molecular weight is 483 g/mol. The number of hydrogen-bond acceptors (Lipinski definition) is 5. The molecule has 1 fully saturated rings. The summed E-state index contributed by atoms with van der Waals surface area (Å²) in [5, 5.41) is 9.63. The number of carbonyl (C=O) groups excluding carboxylic acids is 3. The van der Waals surface area contributed by atoms with Crippen LogP contribution in [0.15, 0.2) is 42.5 Å². The number of hydrogen-bond donors (Lipinski definition) is 1. The molecular formula is C21H14ClF3N2O6. The minimum Gasteiger partial charge on any atom is -0.480 e. The lowest BCUT2D eigenvalue weighted by Crippen LogP contribution is -2.47. The zero-order valence-corrected chi connectivity index (χ0v) is 17.3. The predicted molar refractivity (Wildman–Crippen MR) is 106 cm³/mol. The summed E-state index contributed by atoms with van der Waals surface area (Å²) >= 11 is 5.84. The SMILES string of the molecule is O=C(O)CN1C(=O)C2(CC(=O)N(Cc3ccc(Cl)cc3)C2=O)c2cc(OC(F)(F)F)ccc21. The van der Waals surface area contributed by atoms with Crippen LogP contribution in [0.5, 0.6) is 5.75 Å². The number of amides is 3. The first-order chi connectivity index (χ1) is 15.4. The Hall–Kier alpha value is -3.60. The lowest BCUT2D eigenvalue weighted by molar-refractivity contribution is -0.274. The van der Waals surface area contributed by atoms with Gasteiger partial charge in [-0.15, -0.1) is 13.2 Å². The zero-order chi connectivity index (χ0) is 24.1. The molecule has 1 N–H and O–H groups in total. The van der Waals surface area contributed by atoms with E-state index in [4.69, 9.17) is 11.6 Å². The number of ether oxygens (including phenoxy) is 1. The number of carboxylic acids is 1. The highest BCUT2D eigenvalue weighted by Crippen LogP contribution is 2.50. The number of anilines is 1. The molecule has 2 aromatic rings. The molecule has 33 heavy (non-hydrogen) atoms. The Morgan fingerprint density at radius 2 is 1.70 bits per heavy atom. The van der Waals surface area contributed by atoms with Crippen molar-refractivity contribution in [3.8, 4) is 5.75 Å². The fourth-order valence-corrected chi connectivity index (χ4v) is 4.21. The van der Waals surface area contributed by atoms with Crippen LogP contribution >= 0.6 is 11.6 Å². The normalized spacial score (nSPS) is 20.1. The topological polar surface area (TPSA) is 104 Å². The molecule has 0 aliphatic carbocycles. The van der Waals surface area contributed by atoms with Gasteiger partial charge in [0.25, 0.3) is 0 Å². The van der Waals surface area contributed by atoms with E-state index in [9.17, 15) is 37.5 Å². The molecule has 2 heterocycles. The monoisotopic (exact) mass is 482 g/mol. The number of imide groups is 1. The highest BCUT2D eigenvalue weighted by molar-refractivity contribution is 6.30. The van der Waals surface area contributed by atoms with Gasteiger partial charge in [-0.25, -0.2) is 0 Å². The summed E-state index contributed by atoms with van der Waals surface area (Å²) in [4.78, 5) is 52.4. The molecule has 0 radical (unpaired) electrons. The summed E-state index contributed by atoms with van der Waals surface area (Å²) in [5.74, 6) is -4.79. The molecule has 0 saturated carbocycles. The first kappa shape index (κ1) is 22.6. The second-order valence-corrected chi connectivity index (χ2v) is 7.94. The van der Waals surface area contributed by atoms with Gasteiger partial charge in [-0.3, -0.25) is 29.0 Å². The van der Waals surface area contributed by atoms with Gasteiger partial charge in [-0.1, -0.05) is 23.7 Å². The average Bonchev–Trinajstić information content (AvgIpc) is 3.09. The number of benzene rings is 2. The highest BCUT2D eigenvalue weighted by Gasteiger charge is 2.64. The van der Waals surface area contributed by atoms with Gasteiger partial charge in [0.05, 0.1) is 13.0 Å². The van der Waals surface area contributed by atoms with Gasteiger partial charge < -0.3 is 9.84 Å². The third-order valence-electron chi connectivity index (χ3n) is 5.44. The Labute approximate surface area is 189 Å². The molecular weight excluding hydrogens is 469 g/mol. The molecule has 0 aromatic heterocycles. The van der Waals surface area contributed by atoms with E-state index in [0.717, 1.165) is 28.0 Å². The van der Waals surface area contributed by atoms with E-state index in [2.05, 4.69) is 4.74 Å². The van der Waals surface area contributed by atoms with E-state index in [-0.39, 0.29) is 17.8 Å². The fraction of sp³-hybridized carbons (Fsp3) is 0.238. The van der Waals surface area contributed by atoms with Crippen molar-refractivity contribution in [1.82, 2.24) is 4.90 Å². The van der Waals surface area contributed by atoms with Crippen LogP contribution in [-0.2, 0) is 31.1 Å². The number of rotatable bonds is 5. The smallest absolute Gasteiger partial charge is 0.480 e. The second kappa shape index (κ2) is 7.77. The number of nitrogens with zero attached hydrogens (tertiary/aromatic N) is 2. The molecule has 0 bridgehead atoms. The summed E-state index contributed by atoms with van der Waals surface area (Å²) < 4.78 is 42.1. The molecule has 1 atom stereocenters. The molecule has 12 heteroatoms. The van der Waals surface area contributed by atoms with Crippen molar-refractivity contribution in [2.75, 3.05) is 11.4 Å². The third kappa shape index (κ3) is 3.88. The van der Waals surface area contributed by atoms with Crippen LogP contribution in [0.3, 0.4) is 0 Å². The largest absolute Gasteiger partial charge is 0.573 e. The van der Waals surface area contributed by atoms with Crippen LogP contribution in [0.4, 0.5) is 18.9 Å². The first-order valence-corrected chi connectivity index (χ1v) is 9.83. The lowest BCUT2D eigenvalue weighted by Gasteiger charge is -2.22. The van der Waals surface area contributed by atoms with Crippen molar-refractivity contribution in [2.45, 2.75) is 24.7 Å². The third-order valence-corrected chi connectivity index (χ3v) is 5.69. The lowest BCUT2D eigenvalue weighted by atomic mass is 9.80. The van der Waals surface area contributed by atoms with Crippen molar-refractivity contribution in [1.29, 1.82) is 0 Å². The highest BCUT2D eigenvalue weighted by atomic mass is 35.5. The number of likely N-dealkylation sites (tertiary alicyclic amines) is 1. The van der Waals surface area contributed by atoms with E-state index >= 15 is 0 Å². The van der Waals surface area contributed by atoms with Crippen molar-refractivity contribution >= 4 is 41.0 Å². The fourth-order valence-electron chi connectivity index (χ4n) is 4.09. The van der Waals surface area contributed by atoms with Gasteiger partial charge in [0.2, 0.25) is 17.7 Å². The summed E-state index contributed by atoms with van der Waals surface area (Å²) in [5.41, 5.74) is -1.95. The first-order valence-electron chi connectivity index (χ1n) is 9.45. The number of alkyl halides is 3. The predicted octanol–water partition coefficient (Wildman–Crippen LogP) is 2.87. The quantitative estimate of drug-likeness (QED) is 0.519. The Morgan fingerprint density at radius 1 is 1.06 bits per heavy atom. The minimum absolute atomic E-state index is 0.0774. The van der Waals surface area contributed by atoms with Crippen molar-refractivity contribution in [3.05, 3.63) is 58.6 Å². The second-order valence-electron chi connectivity index (χ2n) is 7.51. The maximum absolute atomic E-state index is 13.4. The molecule has 172 valence electrons. The van der Waals surface area contributed by atoms with E-state index in [1.807, 2.05) is 0 Å². The number of fused-ring (bicyclic) bond motifs is 2. The maximum atomic E-state index is 13.4. The summed E-state index contributed by atoms with van der Waals surface area (Å²) in [6.45, 7) is -1.04. The molecule has 4 rings (SSSR count). The van der Waals surface area contributed by atoms with Gasteiger partial charge in [-0.05, 0) is 35.9 Å². The molecule has 1 unspecified atom stereocenters. The van der Waals surface area contributed by atoms with Crippen LogP contribution in [-0.4, -0.2) is 46.6 Å². The zero-order valence-electron chi connectivity index (χ0n) is 16.6. The van der Waals surface area contributed by atoms with Crippen molar-refractivity contribution < 1.29 is 42.2 Å². The number of carbonyl (C=O) groups is 4. The molecule has 1 saturated heterocycles.